The first-order chi connectivity index (χ1) is 4.84. The van der Waals surface area contributed by atoms with E-state index in [4.69, 9.17) is 17.3 Å². The summed E-state index contributed by atoms with van der Waals surface area (Å²) in [5.74, 6) is 0.611. The summed E-state index contributed by atoms with van der Waals surface area (Å²) in [6.45, 7) is 0. The Labute approximate surface area is 65.4 Å². The lowest BCUT2D eigenvalue weighted by Gasteiger charge is -2.05. The van der Waals surface area contributed by atoms with Gasteiger partial charge in [0.05, 0.1) is 0 Å². The Balaban J connectivity index is 2.50. The fourth-order valence-electron chi connectivity index (χ4n) is 0.848. The smallest absolute Gasteiger partial charge is 0.0459 e. The van der Waals surface area contributed by atoms with Crippen LogP contribution in [-0.2, 0) is 0 Å². The largest absolute Gasteiger partial charge is 0.364 e. The van der Waals surface area contributed by atoms with Crippen LogP contribution in [0.15, 0.2) is 18.3 Å². The molecule has 3 heteroatoms. The van der Waals surface area contributed by atoms with Gasteiger partial charge in [0.1, 0.15) is 0 Å². The number of rotatable bonds is 3. The molecular formula is C7H11ClN2. The maximum atomic E-state index is 5.73. The Morgan fingerprint density at radius 2 is 2.50 bits per heavy atom. The van der Waals surface area contributed by atoms with E-state index in [0.717, 1.165) is 12.1 Å². The van der Waals surface area contributed by atoms with Crippen LogP contribution < -0.4 is 5.73 Å². The second-order valence-electron chi connectivity index (χ2n) is 2.21. The fraction of sp³-hybridized carbons (Fsp3) is 0.429. The van der Waals surface area contributed by atoms with E-state index in [1.165, 1.54) is 0 Å². The van der Waals surface area contributed by atoms with Crippen LogP contribution in [-0.4, -0.2) is 10.9 Å². The molecule has 1 rings (SSSR count). The molecule has 0 spiro atoms. The van der Waals surface area contributed by atoms with E-state index in [1.807, 2.05) is 18.3 Å². The van der Waals surface area contributed by atoms with Crippen molar-refractivity contribution >= 4 is 11.6 Å². The lowest BCUT2D eigenvalue weighted by molar-refractivity contribution is 0.684. The van der Waals surface area contributed by atoms with Gasteiger partial charge in [0.2, 0.25) is 0 Å². The molecule has 0 aromatic carbocycles. The molecule has 2 nitrogen and oxygen atoms in total. The van der Waals surface area contributed by atoms with Gasteiger partial charge in [0, 0.05) is 23.8 Å². The van der Waals surface area contributed by atoms with E-state index in [0.29, 0.717) is 5.88 Å². The Bertz CT molecular complexity index is 172. The van der Waals surface area contributed by atoms with Crippen molar-refractivity contribution < 1.29 is 0 Å². The molecule has 0 aliphatic carbocycles. The summed E-state index contributed by atoms with van der Waals surface area (Å²) >= 11 is 5.52. The first-order valence-electron chi connectivity index (χ1n) is 3.29. The second kappa shape index (κ2) is 3.64. The van der Waals surface area contributed by atoms with Crippen LogP contribution in [0, 0.1) is 0 Å². The van der Waals surface area contributed by atoms with E-state index in [2.05, 4.69) is 4.98 Å². The van der Waals surface area contributed by atoms with Crippen LogP contribution in [0.5, 0.6) is 0 Å². The first kappa shape index (κ1) is 7.63. The molecule has 0 radical (unpaired) electrons. The van der Waals surface area contributed by atoms with Crippen LogP contribution in [0.4, 0.5) is 0 Å². The Hall–Kier alpha value is -0.470. The predicted octanol–water partition coefficient (Wildman–Crippen LogP) is 1.64. The third-order valence-corrected chi connectivity index (χ3v) is 1.66. The molecule has 1 aromatic heterocycles. The minimum Gasteiger partial charge on any atom is -0.364 e. The highest BCUT2D eigenvalue weighted by Crippen LogP contribution is 2.10. The molecule has 1 heterocycles. The second-order valence-corrected chi connectivity index (χ2v) is 2.59. The van der Waals surface area contributed by atoms with Crippen molar-refractivity contribution in [3.05, 3.63) is 24.0 Å². The molecule has 0 saturated carbocycles. The van der Waals surface area contributed by atoms with Gasteiger partial charge in [0.25, 0.3) is 0 Å². The molecule has 0 bridgehead atoms. The summed E-state index contributed by atoms with van der Waals surface area (Å²) < 4.78 is 0. The molecule has 56 valence electrons. The van der Waals surface area contributed by atoms with Crippen molar-refractivity contribution in [1.82, 2.24) is 4.98 Å². The highest BCUT2D eigenvalue weighted by molar-refractivity contribution is 6.17. The minimum atomic E-state index is 0.0625. The van der Waals surface area contributed by atoms with Gasteiger partial charge in [0.15, 0.2) is 0 Å². The van der Waals surface area contributed by atoms with Gasteiger partial charge >= 0.3 is 0 Å². The number of hydrogen-bond donors (Lipinski definition) is 2. The molecule has 0 fully saturated rings. The Morgan fingerprint density at radius 1 is 1.70 bits per heavy atom. The lowest BCUT2D eigenvalue weighted by atomic mass is 10.2. The zero-order valence-electron chi connectivity index (χ0n) is 5.68. The first-order valence-corrected chi connectivity index (χ1v) is 3.83. The van der Waals surface area contributed by atoms with Gasteiger partial charge in [-0.2, -0.15) is 0 Å². The molecule has 10 heavy (non-hydrogen) atoms. The van der Waals surface area contributed by atoms with E-state index >= 15 is 0 Å². The van der Waals surface area contributed by atoms with Gasteiger partial charge in [-0.05, 0) is 18.6 Å². The molecule has 1 unspecified atom stereocenters. The van der Waals surface area contributed by atoms with Crippen molar-refractivity contribution in [2.75, 3.05) is 5.88 Å². The standard InChI is InChI=1S/C7H11ClN2/c8-4-3-6(9)7-2-1-5-10-7/h1-2,5-6,10H,3-4,9H2. The van der Waals surface area contributed by atoms with Crippen molar-refractivity contribution in [2.45, 2.75) is 12.5 Å². The van der Waals surface area contributed by atoms with Crippen molar-refractivity contribution in [3.8, 4) is 0 Å². The zero-order valence-corrected chi connectivity index (χ0v) is 6.43. The van der Waals surface area contributed by atoms with Crippen LogP contribution in [0.25, 0.3) is 0 Å². The van der Waals surface area contributed by atoms with E-state index in [-0.39, 0.29) is 6.04 Å². The molecule has 0 saturated heterocycles. The summed E-state index contributed by atoms with van der Waals surface area (Å²) in [5, 5.41) is 0. The topological polar surface area (TPSA) is 41.8 Å². The maximum Gasteiger partial charge on any atom is 0.0459 e. The van der Waals surface area contributed by atoms with Crippen LogP contribution in [0.1, 0.15) is 18.2 Å². The van der Waals surface area contributed by atoms with Gasteiger partial charge in [-0.25, -0.2) is 0 Å². The van der Waals surface area contributed by atoms with Crippen LogP contribution >= 0.6 is 11.6 Å². The van der Waals surface area contributed by atoms with Gasteiger partial charge in [-0.1, -0.05) is 0 Å². The summed E-state index contributed by atoms with van der Waals surface area (Å²) in [6, 6.07) is 3.97. The molecule has 1 atom stereocenters. The number of nitrogens with two attached hydrogens (primary N) is 1. The monoisotopic (exact) mass is 158 g/mol. The molecule has 0 amide bonds. The van der Waals surface area contributed by atoms with E-state index < -0.39 is 0 Å². The molecule has 0 aliphatic rings. The molecular weight excluding hydrogens is 148 g/mol. The fourth-order valence-corrected chi connectivity index (χ4v) is 1.08. The SMILES string of the molecule is NC(CCCl)c1ccc[nH]1. The maximum absolute atomic E-state index is 5.73. The summed E-state index contributed by atoms with van der Waals surface area (Å²) in [7, 11) is 0. The average molecular weight is 159 g/mol. The van der Waals surface area contributed by atoms with Gasteiger partial charge in [-0.3, -0.25) is 0 Å². The average Bonchev–Trinajstić information content (AvgIpc) is 2.38. The highest BCUT2D eigenvalue weighted by atomic mass is 35.5. The third-order valence-electron chi connectivity index (χ3n) is 1.44. The minimum absolute atomic E-state index is 0.0625. The third kappa shape index (κ3) is 1.75. The lowest BCUT2D eigenvalue weighted by Crippen LogP contribution is -2.10. The van der Waals surface area contributed by atoms with Gasteiger partial charge < -0.3 is 10.7 Å². The molecule has 0 aliphatic heterocycles. The number of halogens is 1. The summed E-state index contributed by atoms with van der Waals surface area (Å²) in [4.78, 5) is 3.04. The number of aromatic nitrogens is 1. The normalized spacial score (nSPS) is 13.4. The van der Waals surface area contributed by atoms with Crippen molar-refractivity contribution in [1.29, 1.82) is 0 Å². The number of aromatic amines is 1. The predicted molar refractivity (Wildman–Crippen MR) is 43.1 cm³/mol. The molecule has 1 aromatic rings. The molecule has 3 N–H and O–H groups in total. The van der Waals surface area contributed by atoms with Gasteiger partial charge in [-0.15, -0.1) is 11.6 Å². The quantitative estimate of drug-likeness (QED) is 0.646. The van der Waals surface area contributed by atoms with E-state index in [1.54, 1.807) is 0 Å². The summed E-state index contributed by atoms with van der Waals surface area (Å²) in [6.07, 6.45) is 2.69. The Morgan fingerprint density at radius 3 is 3.00 bits per heavy atom. The van der Waals surface area contributed by atoms with Crippen LogP contribution in [0.3, 0.4) is 0 Å². The van der Waals surface area contributed by atoms with E-state index in [9.17, 15) is 0 Å². The number of alkyl halides is 1. The highest BCUT2D eigenvalue weighted by Gasteiger charge is 2.03. The Kier molecular flexibility index (Phi) is 2.78. The van der Waals surface area contributed by atoms with Crippen molar-refractivity contribution in [2.24, 2.45) is 5.73 Å². The van der Waals surface area contributed by atoms with Crippen molar-refractivity contribution in [3.63, 3.8) is 0 Å². The number of hydrogen-bond acceptors (Lipinski definition) is 1. The number of nitrogens with one attached hydrogen (secondary N) is 1. The van der Waals surface area contributed by atoms with Crippen LogP contribution in [0.2, 0.25) is 0 Å². The number of H-pyrrole nitrogens is 1. The zero-order chi connectivity index (χ0) is 7.40. The summed E-state index contributed by atoms with van der Waals surface area (Å²) in [5.41, 5.74) is 6.79.